The number of non-ortho nitro benzene ring substituents is 1. The van der Waals surface area contributed by atoms with E-state index in [0.717, 1.165) is 22.0 Å². The second-order valence-corrected chi connectivity index (χ2v) is 6.76. The first-order chi connectivity index (χ1) is 14.0. The molecule has 0 unspecified atom stereocenters. The van der Waals surface area contributed by atoms with Crippen LogP contribution < -0.4 is 4.74 Å². The molecule has 0 aliphatic carbocycles. The van der Waals surface area contributed by atoms with Crippen LogP contribution in [0, 0.1) is 15.9 Å². The number of nitro benzene ring substituents is 1. The number of aromatic nitrogens is 1. The summed E-state index contributed by atoms with van der Waals surface area (Å²) >= 11 is 0. The van der Waals surface area contributed by atoms with E-state index in [1.807, 2.05) is 12.3 Å². The molecule has 2 heterocycles. The highest BCUT2D eigenvalue weighted by Crippen LogP contribution is 2.31. The van der Waals surface area contributed by atoms with Crippen molar-refractivity contribution in [2.24, 2.45) is 0 Å². The summed E-state index contributed by atoms with van der Waals surface area (Å²) in [6.07, 6.45) is 4.42. The number of nitrogens with one attached hydrogen (secondary N) is 1. The van der Waals surface area contributed by atoms with E-state index in [9.17, 15) is 19.3 Å². The van der Waals surface area contributed by atoms with Crippen LogP contribution in [0.25, 0.3) is 16.5 Å². The molecular formula is C21H18FN3O4. The number of ether oxygens (including phenoxy) is 1. The van der Waals surface area contributed by atoms with Gasteiger partial charge in [-0.05, 0) is 36.3 Å². The van der Waals surface area contributed by atoms with E-state index in [0.29, 0.717) is 25.3 Å². The Balaban J connectivity index is 1.59. The smallest absolute Gasteiger partial charge is 0.270 e. The number of methoxy groups -OCH3 is 1. The number of rotatable bonds is 4. The van der Waals surface area contributed by atoms with Crippen molar-refractivity contribution in [1.82, 2.24) is 9.88 Å². The molecule has 7 nitrogen and oxygen atoms in total. The average molecular weight is 395 g/mol. The Labute approximate surface area is 165 Å². The monoisotopic (exact) mass is 395 g/mol. The standard InChI is InChI=1S/C21H18FN3O4/c1-29-20-5-3-15(25(27)28)11-17(20)21(26)24-8-6-13(7-9-24)18-12-23-19-10-14(22)2-4-16(18)19/h2-6,10-12,23H,7-9H2,1H3. The number of H-pyrrole nitrogens is 1. The zero-order valence-electron chi connectivity index (χ0n) is 15.6. The summed E-state index contributed by atoms with van der Waals surface area (Å²) in [6, 6.07) is 8.60. The molecule has 0 atom stereocenters. The third-order valence-electron chi connectivity index (χ3n) is 5.11. The van der Waals surface area contributed by atoms with E-state index in [4.69, 9.17) is 4.74 Å². The van der Waals surface area contributed by atoms with Crippen molar-refractivity contribution in [3.8, 4) is 5.75 Å². The Kier molecular flexibility index (Phi) is 4.75. The Morgan fingerprint density at radius 1 is 1.28 bits per heavy atom. The third-order valence-corrected chi connectivity index (χ3v) is 5.11. The third kappa shape index (κ3) is 3.44. The first-order valence-electron chi connectivity index (χ1n) is 9.05. The van der Waals surface area contributed by atoms with Crippen LogP contribution in [-0.4, -0.2) is 40.9 Å². The molecule has 0 bridgehead atoms. The van der Waals surface area contributed by atoms with Crippen molar-refractivity contribution < 1.29 is 18.8 Å². The maximum absolute atomic E-state index is 13.4. The predicted octanol–water partition coefficient (Wildman–Crippen LogP) is 4.15. The zero-order valence-corrected chi connectivity index (χ0v) is 15.6. The maximum Gasteiger partial charge on any atom is 0.270 e. The molecule has 1 aliphatic rings. The predicted molar refractivity (Wildman–Crippen MR) is 106 cm³/mol. The van der Waals surface area contributed by atoms with Crippen LogP contribution in [0.4, 0.5) is 10.1 Å². The highest BCUT2D eigenvalue weighted by atomic mass is 19.1. The Morgan fingerprint density at radius 3 is 2.79 bits per heavy atom. The lowest BCUT2D eigenvalue weighted by Gasteiger charge is -2.27. The molecule has 1 amide bonds. The lowest BCUT2D eigenvalue weighted by molar-refractivity contribution is -0.384. The van der Waals surface area contributed by atoms with Crippen LogP contribution in [0.3, 0.4) is 0 Å². The van der Waals surface area contributed by atoms with Gasteiger partial charge in [0.05, 0.1) is 17.6 Å². The average Bonchev–Trinajstić information content (AvgIpc) is 3.15. The number of benzene rings is 2. The fraction of sp³-hybridized carbons (Fsp3) is 0.190. The quantitative estimate of drug-likeness (QED) is 0.531. The Morgan fingerprint density at radius 2 is 2.10 bits per heavy atom. The lowest BCUT2D eigenvalue weighted by Crippen LogP contribution is -2.34. The number of nitrogens with zero attached hydrogens (tertiary/aromatic N) is 2. The molecule has 0 saturated carbocycles. The highest BCUT2D eigenvalue weighted by Gasteiger charge is 2.25. The number of carbonyl (C=O) groups excluding carboxylic acids is 1. The molecule has 0 spiro atoms. The van der Waals surface area contributed by atoms with Gasteiger partial charge in [-0.2, -0.15) is 0 Å². The number of aromatic amines is 1. The minimum absolute atomic E-state index is 0.159. The normalized spacial score (nSPS) is 14.0. The zero-order chi connectivity index (χ0) is 20.5. The lowest BCUT2D eigenvalue weighted by atomic mass is 9.98. The van der Waals surface area contributed by atoms with Gasteiger partial charge in [0.1, 0.15) is 11.6 Å². The number of amides is 1. The molecule has 3 aromatic rings. The highest BCUT2D eigenvalue weighted by molar-refractivity contribution is 5.98. The van der Waals surface area contributed by atoms with Gasteiger partial charge < -0.3 is 14.6 Å². The fourth-order valence-electron chi connectivity index (χ4n) is 3.61. The van der Waals surface area contributed by atoms with Crippen LogP contribution in [0.1, 0.15) is 22.3 Å². The molecule has 148 valence electrons. The van der Waals surface area contributed by atoms with Crippen molar-refractivity contribution in [3.05, 3.63) is 75.7 Å². The Bertz CT molecular complexity index is 1150. The number of carbonyl (C=O) groups is 1. The van der Waals surface area contributed by atoms with E-state index in [1.54, 1.807) is 11.0 Å². The van der Waals surface area contributed by atoms with Crippen LogP contribution in [0.5, 0.6) is 5.75 Å². The molecule has 0 saturated heterocycles. The summed E-state index contributed by atoms with van der Waals surface area (Å²) in [5, 5.41) is 12.0. The van der Waals surface area contributed by atoms with Gasteiger partial charge in [0.25, 0.3) is 11.6 Å². The summed E-state index contributed by atoms with van der Waals surface area (Å²) in [4.78, 5) is 28.2. The van der Waals surface area contributed by atoms with Gasteiger partial charge in [-0.3, -0.25) is 14.9 Å². The van der Waals surface area contributed by atoms with E-state index >= 15 is 0 Å². The molecule has 0 radical (unpaired) electrons. The van der Waals surface area contributed by atoms with Gasteiger partial charge in [0.15, 0.2) is 0 Å². The van der Waals surface area contributed by atoms with E-state index in [2.05, 4.69) is 4.98 Å². The van der Waals surface area contributed by atoms with Crippen LogP contribution in [0.2, 0.25) is 0 Å². The summed E-state index contributed by atoms with van der Waals surface area (Å²) in [7, 11) is 1.42. The second kappa shape index (κ2) is 7.38. The van der Waals surface area contributed by atoms with Crippen molar-refractivity contribution in [2.45, 2.75) is 6.42 Å². The van der Waals surface area contributed by atoms with Crippen LogP contribution in [0.15, 0.2) is 48.7 Å². The molecule has 2 aromatic carbocycles. The first-order valence-corrected chi connectivity index (χ1v) is 9.05. The van der Waals surface area contributed by atoms with Crippen LogP contribution in [-0.2, 0) is 0 Å². The Hall–Kier alpha value is -3.68. The van der Waals surface area contributed by atoms with Crippen molar-refractivity contribution >= 4 is 28.1 Å². The number of nitro groups is 1. The number of hydrogen-bond acceptors (Lipinski definition) is 4. The van der Waals surface area contributed by atoms with Crippen molar-refractivity contribution in [2.75, 3.05) is 20.2 Å². The minimum atomic E-state index is -0.537. The number of fused-ring (bicyclic) bond motifs is 1. The van der Waals surface area contributed by atoms with E-state index < -0.39 is 4.92 Å². The SMILES string of the molecule is COc1ccc([N+](=O)[O-])cc1C(=O)N1CC=C(c2c[nH]c3cc(F)ccc23)CC1. The maximum atomic E-state index is 13.4. The molecule has 1 aliphatic heterocycles. The first kappa shape index (κ1) is 18.7. The van der Waals surface area contributed by atoms with E-state index in [-0.39, 0.29) is 23.0 Å². The van der Waals surface area contributed by atoms with Crippen molar-refractivity contribution in [1.29, 1.82) is 0 Å². The van der Waals surface area contributed by atoms with Gasteiger partial charge in [0, 0.05) is 47.9 Å². The van der Waals surface area contributed by atoms with Crippen LogP contribution >= 0.6 is 0 Å². The van der Waals surface area contributed by atoms with Crippen molar-refractivity contribution in [3.63, 3.8) is 0 Å². The molecule has 4 rings (SSSR count). The van der Waals surface area contributed by atoms with Gasteiger partial charge in [-0.15, -0.1) is 0 Å². The topological polar surface area (TPSA) is 88.5 Å². The van der Waals surface area contributed by atoms with Gasteiger partial charge in [-0.25, -0.2) is 4.39 Å². The number of halogens is 1. The van der Waals surface area contributed by atoms with Gasteiger partial charge in [0.2, 0.25) is 0 Å². The fourth-order valence-corrected chi connectivity index (χ4v) is 3.61. The minimum Gasteiger partial charge on any atom is -0.496 e. The summed E-state index contributed by atoms with van der Waals surface area (Å²) < 4.78 is 18.6. The molecule has 29 heavy (non-hydrogen) atoms. The molecular weight excluding hydrogens is 377 g/mol. The summed E-state index contributed by atoms with van der Waals surface area (Å²) in [5.74, 6) is -0.318. The number of hydrogen-bond donors (Lipinski definition) is 1. The largest absolute Gasteiger partial charge is 0.496 e. The molecule has 1 N–H and O–H groups in total. The molecule has 1 aromatic heterocycles. The van der Waals surface area contributed by atoms with Gasteiger partial charge in [-0.1, -0.05) is 6.08 Å². The second-order valence-electron chi connectivity index (χ2n) is 6.76. The summed E-state index contributed by atoms with van der Waals surface area (Å²) in [5.41, 5.74) is 2.79. The van der Waals surface area contributed by atoms with E-state index in [1.165, 1.54) is 37.4 Å². The molecule has 0 fully saturated rings. The van der Waals surface area contributed by atoms with Gasteiger partial charge >= 0.3 is 0 Å². The molecule has 8 heteroatoms. The summed E-state index contributed by atoms with van der Waals surface area (Å²) in [6.45, 7) is 0.832.